The molecule has 6 atom stereocenters. The Morgan fingerprint density at radius 1 is 1.09 bits per heavy atom. The number of aromatic nitrogens is 2. The molecule has 0 spiro atoms. The molecular weight excluding hydrogens is 588 g/mol. The van der Waals surface area contributed by atoms with Crippen LogP contribution in [-0.4, -0.2) is 94.6 Å². The first kappa shape index (κ1) is 31.3. The second-order valence-electron chi connectivity index (χ2n) is 14.3. The lowest BCUT2D eigenvalue weighted by Gasteiger charge is -2.42. The Hall–Kier alpha value is -3.34. The van der Waals surface area contributed by atoms with E-state index in [2.05, 4.69) is 15.2 Å². The summed E-state index contributed by atoms with van der Waals surface area (Å²) in [6, 6.07) is 4.28. The quantitative estimate of drug-likeness (QED) is 0.440. The number of rotatable bonds is 8. The molecule has 0 unspecified atom stereocenters. The molecule has 248 valence electrons. The third-order valence-corrected chi connectivity index (χ3v) is 11.2. The maximum Gasteiger partial charge on any atom is 0.256 e. The van der Waals surface area contributed by atoms with Crippen LogP contribution in [0.1, 0.15) is 76.1 Å². The third-order valence-electron chi connectivity index (χ3n) is 11.2. The van der Waals surface area contributed by atoms with Gasteiger partial charge in [-0.1, -0.05) is 12.8 Å². The number of carbonyl (C=O) groups excluding carboxylic acids is 2. The summed E-state index contributed by atoms with van der Waals surface area (Å²) in [6.45, 7) is 8.91. The Labute approximate surface area is 270 Å². The fraction of sp³-hybridized carbons (Fsp3) is 0.657. The molecule has 2 bridgehead atoms. The lowest BCUT2D eigenvalue weighted by Crippen LogP contribution is -2.55. The van der Waals surface area contributed by atoms with Gasteiger partial charge in [0.15, 0.2) is 5.82 Å². The lowest BCUT2D eigenvalue weighted by atomic mass is 9.88. The number of anilines is 3. The molecule has 4 fully saturated rings. The second kappa shape index (κ2) is 12.7. The van der Waals surface area contributed by atoms with Crippen LogP contribution < -0.4 is 15.1 Å². The van der Waals surface area contributed by atoms with Gasteiger partial charge >= 0.3 is 0 Å². The van der Waals surface area contributed by atoms with E-state index in [9.17, 15) is 14.0 Å². The summed E-state index contributed by atoms with van der Waals surface area (Å²) in [5.74, 6) is 0.740. The van der Waals surface area contributed by atoms with Crippen LogP contribution in [0.25, 0.3) is 0 Å². The van der Waals surface area contributed by atoms with Gasteiger partial charge in [-0.05, 0) is 77.0 Å². The number of amides is 2. The molecular formula is C35H47F2N7O2. The molecule has 1 aromatic heterocycles. The number of alkyl halides is 1. The van der Waals surface area contributed by atoms with E-state index >= 15 is 4.39 Å². The largest absolute Gasteiger partial charge is 0.350 e. The van der Waals surface area contributed by atoms with Crippen LogP contribution in [0.15, 0.2) is 30.7 Å². The molecule has 2 aliphatic carbocycles. The highest BCUT2D eigenvalue weighted by Crippen LogP contribution is 2.48. The van der Waals surface area contributed by atoms with Gasteiger partial charge in [-0.15, -0.1) is 0 Å². The summed E-state index contributed by atoms with van der Waals surface area (Å²) >= 11 is 0. The van der Waals surface area contributed by atoms with Crippen LogP contribution >= 0.6 is 0 Å². The van der Waals surface area contributed by atoms with Crippen molar-refractivity contribution in [3.63, 3.8) is 0 Å². The molecule has 7 rings (SSSR count). The van der Waals surface area contributed by atoms with E-state index in [1.165, 1.54) is 25.0 Å². The van der Waals surface area contributed by atoms with Crippen LogP contribution in [0.5, 0.6) is 0 Å². The number of nitrogens with zero attached hydrogens (tertiary/aromatic N) is 6. The molecule has 2 aromatic rings. The van der Waals surface area contributed by atoms with E-state index in [0.717, 1.165) is 43.6 Å². The monoisotopic (exact) mass is 635 g/mol. The average Bonchev–Trinajstić information content (AvgIpc) is 3.76. The summed E-state index contributed by atoms with van der Waals surface area (Å²) in [6.07, 6.45) is 9.20. The smallest absolute Gasteiger partial charge is 0.256 e. The Bertz CT molecular complexity index is 1450. The number of nitrogens with one attached hydrogen (secondary N) is 1. The molecule has 3 aliphatic heterocycles. The van der Waals surface area contributed by atoms with Crippen molar-refractivity contribution in [3.05, 3.63) is 42.1 Å². The first-order chi connectivity index (χ1) is 22.2. The third kappa shape index (κ3) is 5.73. The van der Waals surface area contributed by atoms with Crippen LogP contribution in [0, 0.1) is 23.6 Å². The fourth-order valence-corrected chi connectivity index (χ4v) is 8.68. The SMILES string of the molecule is CCN(C(=O)c1cc(F)ccc1N1CCN([C@@H]2CCCN(C(=O)[C@H]3N[C@H]4C[C@@H]3[C@@H](F)[C@H]4CC3CC3)CC2)c2ncncc21)C(C)C. The predicted octanol–water partition coefficient (Wildman–Crippen LogP) is 4.94. The lowest BCUT2D eigenvalue weighted by molar-refractivity contribution is -0.135. The maximum atomic E-state index is 15.4. The van der Waals surface area contributed by atoms with Gasteiger partial charge in [-0.2, -0.15) is 0 Å². The standard InChI is InChI=1S/C35H47F2N7O2/c1-4-42(21(2)3)34(45)26-17-23(36)9-10-29(26)44-15-14-43(33-30(44)19-38-20-39-33)24-6-5-12-41(13-11-24)35(46)32-27-18-28(40-32)25(31(27)37)16-22-7-8-22/h9-10,17,19-22,24-25,27-28,31-32,40H,4-8,11-16,18H2,1-3H3/t24-,25+,27-,28+,31+,32+/m1/s1. The highest BCUT2D eigenvalue weighted by Gasteiger charge is 2.56. The van der Waals surface area contributed by atoms with E-state index in [4.69, 9.17) is 4.98 Å². The number of hydrogen-bond donors (Lipinski definition) is 1. The van der Waals surface area contributed by atoms with Gasteiger partial charge < -0.3 is 24.9 Å². The average molecular weight is 636 g/mol. The van der Waals surface area contributed by atoms with Crippen molar-refractivity contribution < 1.29 is 18.4 Å². The number of fused-ring (bicyclic) bond motifs is 3. The van der Waals surface area contributed by atoms with E-state index in [-0.39, 0.29) is 41.8 Å². The number of hydrogen-bond acceptors (Lipinski definition) is 7. The molecule has 2 saturated carbocycles. The molecule has 4 heterocycles. The number of halogens is 2. The van der Waals surface area contributed by atoms with Crippen molar-refractivity contribution in [1.82, 2.24) is 25.1 Å². The van der Waals surface area contributed by atoms with Crippen molar-refractivity contribution >= 4 is 29.0 Å². The highest BCUT2D eigenvalue weighted by molar-refractivity contribution is 6.01. The first-order valence-electron chi connectivity index (χ1n) is 17.4. The Balaban J connectivity index is 1.06. The van der Waals surface area contributed by atoms with Gasteiger partial charge in [0.1, 0.15) is 24.0 Å². The zero-order valence-electron chi connectivity index (χ0n) is 27.2. The molecule has 1 N–H and O–H groups in total. The van der Waals surface area contributed by atoms with Crippen molar-refractivity contribution in [2.75, 3.05) is 42.5 Å². The zero-order chi connectivity index (χ0) is 32.1. The molecule has 1 aromatic carbocycles. The van der Waals surface area contributed by atoms with Gasteiger partial charge in [0.25, 0.3) is 5.91 Å². The highest BCUT2D eigenvalue weighted by atomic mass is 19.1. The minimum Gasteiger partial charge on any atom is -0.350 e. The van der Waals surface area contributed by atoms with Gasteiger partial charge in [-0.25, -0.2) is 18.7 Å². The number of piperidine rings is 1. The number of likely N-dealkylation sites (tertiary alicyclic amines) is 1. The summed E-state index contributed by atoms with van der Waals surface area (Å²) < 4.78 is 30.0. The molecule has 2 amide bonds. The van der Waals surface area contributed by atoms with Gasteiger partial charge in [0.2, 0.25) is 5.91 Å². The minimum absolute atomic E-state index is 0.0231. The summed E-state index contributed by atoms with van der Waals surface area (Å²) in [5, 5.41) is 3.55. The van der Waals surface area contributed by atoms with E-state index in [1.807, 2.05) is 30.6 Å². The number of benzene rings is 1. The van der Waals surface area contributed by atoms with Crippen molar-refractivity contribution in [3.8, 4) is 0 Å². The van der Waals surface area contributed by atoms with E-state index < -0.39 is 18.0 Å². The van der Waals surface area contributed by atoms with Crippen LogP contribution in [0.2, 0.25) is 0 Å². The Morgan fingerprint density at radius 3 is 2.65 bits per heavy atom. The van der Waals surface area contributed by atoms with Gasteiger partial charge in [-0.3, -0.25) is 9.59 Å². The van der Waals surface area contributed by atoms with Gasteiger partial charge in [0.05, 0.1) is 23.5 Å². The molecule has 5 aliphatic rings. The summed E-state index contributed by atoms with van der Waals surface area (Å²) in [7, 11) is 0. The second-order valence-corrected chi connectivity index (χ2v) is 14.3. The van der Waals surface area contributed by atoms with Gasteiger partial charge in [0, 0.05) is 62.7 Å². The summed E-state index contributed by atoms with van der Waals surface area (Å²) in [5.41, 5.74) is 1.74. The topological polar surface area (TPSA) is 84.9 Å². The Morgan fingerprint density at radius 2 is 1.91 bits per heavy atom. The predicted molar refractivity (Wildman–Crippen MR) is 173 cm³/mol. The van der Waals surface area contributed by atoms with Crippen LogP contribution in [-0.2, 0) is 4.79 Å². The molecule has 11 heteroatoms. The van der Waals surface area contributed by atoms with Crippen LogP contribution in [0.4, 0.5) is 26.0 Å². The number of carbonyl (C=O) groups is 2. The zero-order valence-corrected chi connectivity index (χ0v) is 27.2. The molecule has 46 heavy (non-hydrogen) atoms. The minimum atomic E-state index is -0.875. The normalized spacial score (nSPS) is 29.2. The Kier molecular flexibility index (Phi) is 8.63. The van der Waals surface area contributed by atoms with Crippen LogP contribution in [0.3, 0.4) is 0 Å². The molecule has 0 radical (unpaired) electrons. The van der Waals surface area contributed by atoms with E-state index in [0.29, 0.717) is 49.9 Å². The first-order valence-corrected chi connectivity index (χ1v) is 17.4. The maximum absolute atomic E-state index is 15.4. The fourth-order valence-electron chi connectivity index (χ4n) is 8.68. The van der Waals surface area contributed by atoms with Crippen molar-refractivity contribution in [2.24, 2.45) is 17.8 Å². The molecule has 2 saturated heterocycles. The van der Waals surface area contributed by atoms with Crippen molar-refractivity contribution in [1.29, 1.82) is 0 Å². The molecule has 9 nitrogen and oxygen atoms in total. The van der Waals surface area contributed by atoms with E-state index in [1.54, 1.807) is 23.5 Å². The van der Waals surface area contributed by atoms with Crippen molar-refractivity contribution in [2.45, 2.75) is 96.1 Å². The summed E-state index contributed by atoms with van der Waals surface area (Å²) in [4.78, 5) is 44.4.